The Kier molecular flexibility index (Phi) is 6.42. The third-order valence-corrected chi connectivity index (χ3v) is 3.33. The van der Waals surface area contributed by atoms with Gasteiger partial charge in [0.25, 0.3) is 0 Å². The van der Waals surface area contributed by atoms with Crippen LogP contribution in [0.25, 0.3) is 0 Å². The van der Waals surface area contributed by atoms with E-state index in [4.69, 9.17) is 0 Å². The van der Waals surface area contributed by atoms with Crippen molar-refractivity contribution in [3.05, 3.63) is 0 Å². The molecule has 1 atom stereocenters. The standard InChI is InChI=1S/C12H25N3O/c1-3-15-9-4-5-11(7-10-15)14-8-6-12(16)13-2/h11,14H,3-10H2,1-2H3,(H,13,16). The summed E-state index contributed by atoms with van der Waals surface area (Å²) in [7, 11) is 1.69. The molecule has 0 spiro atoms. The molecule has 1 saturated heterocycles. The summed E-state index contributed by atoms with van der Waals surface area (Å²) in [5, 5.41) is 6.13. The molecule has 2 N–H and O–H groups in total. The number of carbonyl (C=O) groups is 1. The Morgan fingerprint density at radius 3 is 2.88 bits per heavy atom. The Bertz CT molecular complexity index is 208. The predicted molar refractivity (Wildman–Crippen MR) is 66.4 cm³/mol. The Labute approximate surface area is 98.8 Å². The van der Waals surface area contributed by atoms with Crippen LogP contribution in [0.5, 0.6) is 0 Å². The van der Waals surface area contributed by atoms with Crippen LogP contribution >= 0.6 is 0 Å². The third-order valence-electron chi connectivity index (χ3n) is 3.33. The molecule has 1 unspecified atom stereocenters. The summed E-state index contributed by atoms with van der Waals surface area (Å²) >= 11 is 0. The van der Waals surface area contributed by atoms with Gasteiger partial charge in [0.05, 0.1) is 0 Å². The maximum atomic E-state index is 11.1. The quantitative estimate of drug-likeness (QED) is 0.722. The zero-order valence-electron chi connectivity index (χ0n) is 10.6. The van der Waals surface area contributed by atoms with Crippen molar-refractivity contribution in [2.24, 2.45) is 0 Å². The fourth-order valence-corrected chi connectivity index (χ4v) is 2.19. The number of nitrogens with one attached hydrogen (secondary N) is 2. The Morgan fingerprint density at radius 2 is 2.19 bits per heavy atom. The summed E-state index contributed by atoms with van der Waals surface area (Å²) in [6, 6.07) is 0.598. The van der Waals surface area contributed by atoms with Crippen LogP contribution in [0.2, 0.25) is 0 Å². The number of carbonyl (C=O) groups excluding carboxylic acids is 1. The van der Waals surface area contributed by atoms with E-state index in [-0.39, 0.29) is 5.91 Å². The largest absolute Gasteiger partial charge is 0.359 e. The molecule has 0 aromatic rings. The van der Waals surface area contributed by atoms with Crippen molar-refractivity contribution in [3.63, 3.8) is 0 Å². The van der Waals surface area contributed by atoms with Gasteiger partial charge in [-0.25, -0.2) is 0 Å². The first-order chi connectivity index (χ1) is 7.76. The summed E-state index contributed by atoms with van der Waals surface area (Å²) in [5.41, 5.74) is 0. The smallest absolute Gasteiger partial charge is 0.221 e. The second-order valence-corrected chi connectivity index (χ2v) is 4.44. The van der Waals surface area contributed by atoms with Crippen molar-refractivity contribution >= 4 is 5.91 Å². The van der Waals surface area contributed by atoms with Gasteiger partial charge < -0.3 is 15.5 Å². The Balaban J connectivity index is 2.15. The molecule has 0 aliphatic carbocycles. The van der Waals surface area contributed by atoms with E-state index >= 15 is 0 Å². The molecule has 1 rings (SSSR count). The lowest BCUT2D eigenvalue weighted by atomic mass is 10.1. The van der Waals surface area contributed by atoms with Gasteiger partial charge in [-0.05, 0) is 38.9 Å². The molecule has 1 fully saturated rings. The molecular formula is C12H25N3O. The molecule has 0 aromatic heterocycles. The van der Waals surface area contributed by atoms with Gasteiger partial charge in [-0.15, -0.1) is 0 Å². The number of likely N-dealkylation sites (tertiary alicyclic amines) is 1. The van der Waals surface area contributed by atoms with E-state index in [9.17, 15) is 4.79 Å². The normalized spacial score (nSPS) is 22.8. The van der Waals surface area contributed by atoms with Crippen LogP contribution in [-0.4, -0.2) is 50.1 Å². The second kappa shape index (κ2) is 7.63. The summed E-state index contributed by atoms with van der Waals surface area (Å²) in [6.07, 6.45) is 4.31. The zero-order valence-corrected chi connectivity index (χ0v) is 10.6. The minimum absolute atomic E-state index is 0.122. The van der Waals surface area contributed by atoms with Crippen LogP contribution in [0.3, 0.4) is 0 Å². The average molecular weight is 227 g/mol. The molecule has 1 aliphatic rings. The van der Waals surface area contributed by atoms with Crippen molar-refractivity contribution in [3.8, 4) is 0 Å². The monoisotopic (exact) mass is 227 g/mol. The maximum Gasteiger partial charge on any atom is 0.221 e. The fourth-order valence-electron chi connectivity index (χ4n) is 2.19. The SMILES string of the molecule is CCN1CCCC(NCCC(=O)NC)CC1. The average Bonchev–Trinajstić information content (AvgIpc) is 2.54. The maximum absolute atomic E-state index is 11.1. The van der Waals surface area contributed by atoms with Gasteiger partial charge in [-0.2, -0.15) is 0 Å². The summed E-state index contributed by atoms with van der Waals surface area (Å²) in [6.45, 7) is 6.60. The molecule has 4 nitrogen and oxygen atoms in total. The molecule has 1 amide bonds. The van der Waals surface area contributed by atoms with Crippen LogP contribution < -0.4 is 10.6 Å². The van der Waals surface area contributed by atoms with Gasteiger partial charge in [0.1, 0.15) is 0 Å². The lowest BCUT2D eigenvalue weighted by molar-refractivity contribution is -0.120. The highest BCUT2D eigenvalue weighted by Crippen LogP contribution is 2.10. The molecule has 4 heteroatoms. The number of nitrogens with zero attached hydrogens (tertiary/aromatic N) is 1. The van der Waals surface area contributed by atoms with Crippen LogP contribution in [0.4, 0.5) is 0 Å². The van der Waals surface area contributed by atoms with Gasteiger partial charge >= 0.3 is 0 Å². The lowest BCUT2D eigenvalue weighted by Gasteiger charge is -2.18. The first-order valence-electron chi connectivity index (χ1n) is 6.42. The molecule has 94 valence electrons. The van der Waals surface area contributed by atoms with Gasteiger partial charge in [0.2, 0.25) is 5.91 Å². The molecule has 1 aliphatic heterocycles. The van der Waals surface area contributed by atoms with Crippen molar-refractivity contribution in [2.75, 3.05) is 33.2 Å². The summed E-state index contributed by atoms with van der Waals surface area (Å²) < 4.78 is 0. The number of rotatable bonds is 5. The Morgan fingerprint density at radius 1 is 1.38 bits per heavy atom. The van der Waals surface area contributed by atoms with Gasteiger partial charge in [0, 0.05) is 26.1 Å². The summed E-state index contributed by atoms with van der Waals surface area (Å²) in [5.74, 6) is 0.122. The first kappa shape index (κ1) is 13.5. The topological polar surface area (TPSA) is 44.4 Å². The van der Waals surface area contributed by atoms with Crippen molar-refractivity contribution < 1.29 is 4.79 Å². The van der Waals surface area contributed by atoms with Crippen LogP contribution in [-0.2, 0) is 4.79 Å². The van der Waals surface area contributed by atoms with E-state index in [0.29, 0.717) is 12.5 Å². The van der Waals surface area contributed by atoms with Crippen LogP contribution in [0, 0.1) is 0 Å². The highest BCUT2D eigenvalue weighted by molar-refractivity contribution is 5.75. The van der Waals surface area contributed by atoms with Crippen molar-refractivity contribution in [1.82, 2.24) is 15.5 Å². The van der Waals surface area contributed by atoms with E-state index in [2.05, 4.69) is 22.5 Å². The highest BCUT2D eigenvalue weighted by atomic mass is 16.1. The summed E-state index contributed by atoms with van der Waals surface area (Å²) in [4.78, 5) is 13.6. The molecule has 0 radical (unpaired) electrons. The molecule has 0 bridgehead atoms. The molecule has 0 saturated carbocycles. The molecule has 16 heavy (non-hydrogen) atoms. The van der Waals surface area contributed by atoms with Gasteiger partial charge in [-0.1, -0.05) is 6.92 Å². The van der Waals surface area contributed by atoms with Crippen LogP contribution in [0.1, 0.15) is 32.6 Å². The third kappa shape index (κ3) is 4.94. The van der Waals surface area contributed by atoms with E-state index in [1.807, 2.05) is 0 Å². The number of amides is 1. The zero-order chi connectivity index (χ0) is 11.8. The predicted octanol–water partition coefficient (Wildman–Crippen LogP) is 0.587. The molecule has 0 aromatic carbocycles. The fraction of sp³-hybridized carbons (Fsp3) is 0.917. The van der Waals surface area contributed by atoms with Gasteiger partial charge in [-0.3, -0.25) is 4.79 Å². The first-order valence-corrected chi connectivity index (χ1v) is 6.42. The van der Waals surface area contributed by atoms with E-state index in [1.165, 1.54) is 32.4 Å². The van der Waals surface area contributed by atoms with Gasteiger partial charge in [0.15, 0.2) is 0 Å². The minimum Gasteiger partial charge on any atom is -0.359 e. The van der Waals surface area contributed by atoms with Crippen molar-refractivity contribution in [1.29, 1.82) is 0 Å². The van der Waals surface area contributed by atoms with E-state index in [1.54, 1.807) is 7.05 Å². The van der Waals surface area contributed by atoms with Crippen molar-refractivity contribution in [2.45, 2.75) is 38.6 Å². The Hall–Kier alpha value is -0.610. The molecular weight excluding hydrogens is 202 g/mol. The molecule has 1 heterocycles. The van der Waals surface area contributed by atoms with E-state index < -0.39 is 0 Å². The highest BCUT2D eigenvalue weighted by Gasteiger charge is 2.15. The lowest BCUT2D eigenvalue weighted by Crippen LogP contribution is -2.33. The minimum atomic E-state index is 0.122. The number of hydrogen-bond donors (Lipinski definition) is 2. The van der Waals surface area contributed by atoms with Crippen LogP contribution in [0.15, 0.2) is 0 Å². The number of hydrogen-bond acceptors (Lipinski definition) is 3. The second-order valence-electron chi connectivity index (χ2n) is 4.44. The van der Waals surface area contributed by atoms with E-state index in [0.717, 1.165) is 13.1 Å².